The van der Waals surface area contributed by atoms with Gasteiger partial charge in [0.2, 0.25) is 0 Å². The Bertz CT molecular complexity index is 801. The van der Waals surface area contributed by atoms with E-state index >= 15 is 0 Å². The van der Waals surface area contributed by atoms with Gasteiger partial charge in [0, 0.05) is 0 Å². The Balaban J connectivity index is 1.89. The molecule has 154 valence electrons. The highest BCUT2D eigenvalue weighted by Crippen LogP contribution is 2.13. The lowest BCUT2D eigenvalue weighted by Crippen LogP contribution is -2.26. The molecule has 0 unspecified atom stereocenters. The number of hydrazone groups is 1. The van der Waals surface area contributed by atoms with Crippen LogP contribution in [0.2, 0.25) is 0 Å². The largest absolute Gasteiger partial charge is 0.484 e. The van der Waals surface area contributed by atoms with Crippen molar-refractivity contribution in [1.82, 2.24) is 5.43 Å². The number of hydrogen-bond acceptors (Lipinski definition) is 5. The minimum Gasteiger partial charge on any atom is -0.484 e. The van der Waals surface area contributed by atoms with E-state index in [-0.39, 0.29) is 18.5 Å². The van der Waals surface area contributed by atoms with E-state index in [1.807, 2.05) is 30.3 Å². The van der Waals surface area contributed by atoms with Crippen molar-refractivity contribution in [2.24, 2.45) is 5.10 Å². The SMILES string of the molecule is CCCCCC(=NNC(=O)COc1ccc(C(=O)OCC)cc1)c1ccccc1. The van der Waals surface area contributed by atoms with Crippen LogP contribution in [0, 0.1) is 0 Å². The van der Waals surface area contributed by atoms with E-state index < -0.39 is 0 Å². The van der Waals surface area contributed by atoms with Gasteiger partial charge in [0.25, 0.3) is 5.91 Å². The van der Waals surface area contributed by atoms with E-state index in [1.165, 1.54) is 0 Å². The molecule has 0 saturated carbocycles. The summed E-state index contributed by atoms with van der Waals surface area (Å²) < 4.78 is 10.4. The number of carbonyl (C=O) groups excluding carboxylic acids is 2. The van der Waals surface area contributed by atoms with Crippen molar-refractivity contribution in [1.29, 1.82) is 0 Å². The number of esters is 1. The molecule has 0 heterocycles. The zero-order chi connectivity index (χ0) is 20.9. The first-order chi connectivity index (χ1) is 14.1. The van der Waals surface area contributed by atoms with Crippen molar-refractivity contribution >= 4 is 17.6 Å². The molecular formula is C23H28N2O4. The molecule has 0 saturated heterocycles. The van der Waals surface area contributed by atoms with Crippen molar-refractivity contribution in [3.05, 3.63) is 65.7 Å². The van der Waals surface area contributed by atoms with Crippen LogP contribution in [-0.2, 0) is 9.53 Å². The first-order valence-electron chi connectivity index (χ1n) is 9.94. The Hall–Kier alpha value is -3.15. The zero-order valence-corrected chi connectivity index (χ0v) is 17.0. The number of benzene rings is 2. The summed E-state index contributed by atoms with van der Waals surface area (Å²) in [6.07, 6.45) is 4.06. The quantitative estimate of drug-likeness (QED) is 0.265. The number of rotatable bonds is 11. The fourth-order valence-electron chi connectivity index (χ4n) is 2.65. The molecule has 0 atom stereocenters. The number of nitrogens with zero attached hydrogens (tertiary/aromatic N) is 1. The monoisotopic (exact) mass is 396 g/mol. The maximum atomic E-state index is 12.1. The van der Waals surface area contributed by atoms with Gasteiger partial charge in [-0.3, -0.25) is 4.79 Å². The summed E-state index contributed by atoms with van der Waals surface area (Å²) in [6, 6.07) is 16.3. The third-order valence-corrected chi connectivity index (χ3v) is 4.18. The summed E-state index contributed by atoms with van der Waals surface area (Å²) in [7, 11) is 0. The van der Waals surface area contributed by atoms with Crippen LogP contribution < -0.4 is 10.2 Å². The highest BCUT2D eigenvalue weighted by Gasteiger charge is 2.08. The number of unbranched alkanes of at least 4 members (excludes halogenated alkanes) is 2. The van der Waals surface area contributed by atoms with E-state index in [4.69, 9.17) is 9.47 Å². The molecule has 2 aromatic carbocycles. The highest BCUT2D eigenvalue weighted by molar-refractivity contribution is 6.01. The Labute approximate surface area is 171 Å². The topological polar surface area (TPSA) is 77.0 Å². The van der Waals surface area contributed by atoms with E-state index in [9.17, 15) is 9.59 Å². The van der Waals surface area contributed by atoms with Crippen LogP contribution in [0.1, 0.15) is 55.5 Å². The van der Waals surface area contributed by atoms with Gasteiger partial charge >= 0.3 is 5.97 Å². The molecule has 2 aromatic rings. The maximum absolute atomic E-state index is 12.1. The third-order valence-electron chi connectivity index (χ3n) is 4.18. The van der Waals surface area contributed by atoms with Crippen molar-refractivity contribution in [2.75, 3.05) is 13.2 Å². The van der Waals surface area contributed by atoms with Gasteiger partial charge in [-0.1, -0.05) is 50.1 Å². The summed E-state index contributed by atoms with van der Waals surface area (Å²) in [5.41, 5.74) is 4.86. The molecule has 2 rings (SSSR count). The lowest BCUT2D eigenvalue weighted by Gasteiger charge is -2.09. The van der Waals surface area contributed by atoms with Gasteiger partial charge in [0.15, 0.2) is 6.61 Å². The van der Waals surface area contributed by atoms with Crippen molar-refractivity contribution < 1.29 is 19.1 Å². The van der Waals surface area contributed by atoms with E-state index in [1.54, 1.807) is 31.2 Å². The molecule has 0 spiro atoms. The molecule has 0 fully saturated rings. The van der Waals surface area contributed by atoms with Gasteiger partial charge in [0.05, 0.1) is 17.9 Å². The van der Waals surface area contributed by atoms with Gasteiger partial charge in [-0.25, -0.2) is 10.2 Å². The normalized spacial score (nSPS) is 11.0. The van der Waals surface area contributed by atoms with E-state index in [2.05, 4.69) is 17.5 Å². The number of ether oxygens (including phenoxy) is 2. The molecular weight excluding hydrogens is 368 g/mol. The second-order valence-corrected chi connectivity index (χ2v) is 6.45. The molecule has 29 heavy (non-hydrogen) atoms. The van der Waals surface area contributed by atoms with Gasteiger partial charge in [-0.05, 0) is 49.6 Å². The summed E-state index contributed by atoms with van der Waals surface area (Å²) in [5.74, 6) is -0.241. The first-order valence-corrected chi connectivity index (χ1v) is 9.94. The Kier molecular flexibility index (Phi) is 9.42. The average Bonchev–Trinajstić information content (AvgIpc) is 2.76. The highest BCUT2D eigenvalue weighted by atomic mass is 16.5. The number of hydrogen-bond donors (Lipinski definition) is 1. The summed E-state index contributed by atoms with van der Waals surface area (Å²) >= 11 is 0. The van der Waals surface area contributed by atoms with Gasteiger partial charge in [-0.2, -0.15) is 5.10 Å². The third kappa shape index (κ3) is 7.78. The summed E-state index contributed by atoms with van der Waals surface area (Å²) in [4.78, 5) is 23.8. The molecule has 0 radical (unpaired) electrons. The lowest BCUT2D eigenvalue weighted by molar-refractivity contribution is -0.123. The van der Waals surface area contributed by atoms with Crippen LogP contribution in [0.3, 0.4) is 0 Å². The standard InChI is InChI=1S/C23H28N2O4/c1-3-5-7-12-21(18-10-8-6-9-11-18)24-25-22(26)17-29-20-15-13-19(14-16-20)23(27)28-4-2/h6,8-11,13-16H,3-5,7,12,17H2,1-2H3,(H,25,26). The molecule has 6 nitrogen and oxygen atoms in total. The number of nitrogens with one attached hydrogen (secondary N) is 1. The van der Waals surface area contributed by atoms with Crippen LogP contribution in [0.5, 0.6) is 5.75 Å². The first kappa shape index (κ1) is 22.1. The van der Waals surface area contributed by atoms with Crippen molar-refractivity contribution in [3.63, 3.8) is 0 Å². The summed E-state index contributed by atoms with van der Waals surface area (Å²) in [5, 5.41) is 4.31. The van der Waals surface area contributed by atoms with Crippen LogP contribution in [-0.4, -0.2) is 30.8 Å². The smallest absolute Gasteiger partial charge is 0.338 e. The van der Waals surface area contributed by atoms with Gasteiger partial charge < -0.3 is 9.47 Å². The molecule has 6 heteroatoms. The molecule has 0 aliphatic carbocycles. The number of amides is 1. The fraction of sp³-hybridized carbons (Fsp3) is 0.348. The summed E-state index contributed by atoms with van der Waals surface area (Å²) in [6.45, 7) is 4.06. The molecule has 0 bridgehead atoms. The lowest BCUT2D eigenvalue weighted by atomic mass is 10.0. The van der Waals surface area contributed by atoms with Crippen molar-refractivity contribution in [3.8, 4) is 5.75 Å². The van der Waals surface area contributed by atoms with Gasteiger partial charge in [-0.15, -0.1) is 0 Å². The predicted octanol–water partition coefficient (Wildman–Crippen LogP) is 4.34. The predicted molar refractivity (Wildman–Crippen MR) is 113 cm³/mol. The minimum absolute atomic E-state index is 0.167. The zero-order valence-electron chi connectivity index (χ0n) is 17.0. The average molecular weight is 396 g/mol. The second kappa shape index (κ2) is 12.3. The van der Waals surface area contributed by atoms with Crippen molar-refractivity contribution in [2.45, 2.75) is 39.5 Å². The molecule has 0 aliphatic heterocycles. The molecule has 0 aromatic heterocycles. The molecule has 0 aliphatic rings. The Morgan fingerprint density at radius 2 is 1.66 bits per heavy atom. The van der Waals surface area contributed by atoms with Crippen LogP contribution in [0.4, 0.5) is 0 Å². The Morgan fingerprint density at radius 3 is 2.31 bits per heavy atom. The Morgan fingerprint density at radius 1 is 0.931 bits per heavy atom. The second-order valence-electron chi connectivity index (χ2n) is 6.45. The van der Waals surface area contributed by atoms with Crippen LogP contribution in [0.25, 0.3) is 0 Å². The molecule has 1 N–H and O–H groups in total. The fourth-order valence-corrected chi connectivity index (χ4v) is 2.65. The maximum Gasteiger partial charge on any atom is 0.338 e. The van der Waals surface area contributed by atoms with E-state index in [0.29, 0.717) is 17.9 Å². The minimum atomic E-state index is -0.386. The van der Waals surface area contributed by atoms with Crippen LogP contribution in [0.15, 0.2) is 59.7 Å². The van der Waals surface area contributed by atoms with Crippen LogP contribution >= 0.6 is 0 Å². The van der Waals surface area contributed by atoms with E-state index in [0.717, 1.165) is 37.0 Å². The number of carbonyl (C=O) groups is 2. The molecule has 1 amide bonds. The van der Waals surface area contributed by atoms with Gasteiger partial charge in [0.1, 0.15) is 5.75 Å².